The van der Waals surface area contributed by atoms with E-state index in [9.17, 15) is 9.59 Å². The van der Waals surface area contributed by atoms with Crippen LogP contribution in [0.1, 0.15) is 34.1 Å². The third-order valence-corrected chi connectivity index (χ3v) is 7.25. The van der Waals surface area contributed by atoms with Crippen LogP contribution in [0.15, 0.2) is 22.8 Å². The van der Waals surface area contributed by atoms with Crippen LogP contribution in [0.5, 0.6) is 0 Å². The lowest BCUT2D eigenvalue weighted by Gasteiger charge is -2.08. The molecule has 0 aliphatic heterocycles. The quantitative estimate of drug-likeness (QED) is 0.367. The molecule has 27 heavy (non-hydrogen) atoms. The molecule has 0 aromatic carbocycles. The van der Waals surface area contributed by atoms with Crippen molar-refractivity contribution in [1.82, 2.24) is 9.97 Å². The number of anilines is 1. The van der Waals surface area contributed by atoms with Crippen LogP contribution in [0.25, 0.3) is 10.2 Å². The molecule has 140 valence electrons. The smallest absolute Gasteiger partial charge is 0.341 e. The number of thioether (sulfide) groups is 1. The molecule has 3 aromatic rings. The Kier molecular flexibility index (Phi) is 5.42. The van der Waals surface area contributed by atoms with Gasteiger partial charge in [-0.1, -0.05) is 11.8 Å². The van der Waals surface area contributed by atoms with Crippen molar-refractivity contribution >= 4 is 61.5 Å². The van der Waals surface area contributed by atoms with Crippen molar-refractivity contribution in [1.29, 1.82) is 0 Å². The number of hydrogen-bond acceptors (Lipinski definition) is 8. The molecule has 0 fully saturated rings. The largest absolute Gasteiger partial charge is 0.462 e. The van der Waals surface area contributed by atoms with E-state index < -0.39 is 0 Å². The van der Waals surface area contributed by atoms with Crippen molar-refractivity contribution in [2.75, 3.05) is 17.7 Å². The minimum Gasteiger partial charge on any atom is -0.462 e. The molecule has 0 atom stereocenters. The molecule has 0 saturated heterocycles. The maximum atomic E-state index is 12.5. The van der Waals surface area contributed by atoms with Gasteiger partial charge in [0, 0.05) is 10.3 Å². The van der Waals surface area contributed by atoms with Gasteiger partial charge in [0.25, 0.3) is 0 Å². The molecule has 1 aliphatic carbocycles. The van der Waals surface area contributed by atoms with Crippen LogP contribution in [0, 0.1) is 0 Å². The van der Waals surface area contributed by atoms with Crippen LogP contribution in [0.3, 0.4) is 0 Å². The molecular weight excluding hydrogens is 402 g/mol. The van der Waals surface area contributed by atoms with Gasteiger partial charge in [0.1, 0.15) is 21.2 Å². The number of carbonyl (C=O) groups excluding carboxylic acids is 2. The number of aryl methyl sites for hydroxylation is 1. The molecule has 9 heteroatoms. The molecule has 0 spiro atoms. The third-order valence-electron chi connectivity index (χ3n) is 4.22. The van der Waals surface area contributed by atoms with E-state index in [1.165, 1.54) is 34.3 Å². The molecule has 6 nitrogen and oxygen atoms in total. The Labute approximate surface area is 168 Å². The molecule has 0 unspecified atom stereocenters. The molecular formula is C18H17N3O3S3. The number of hydrogen-bond donors (Lipinski definition) is 1. The summed E-state index contributed by atoms with van der Waals surface area (Å²) in [5.74, 6) is -0.296. The monoisotopic (exact) mass is 419 g/mol. The van der Waals surface area contributed by atoms with Crippen molar-refractivity contribution in [2.45, 2.75) is 31.2 Å². The van der Waals surface area contributed by atoms with Crippen molar-refractivity contribution in [3.8, 4) is 0 Å². The summed E-state index contributed by atoms with van der Waals surface area (Å²) in [6.45, 7) is 2.10. The topological polar surface area (TPSA) is 81.2 Å². The Morgan fingerprint density at radius 1 is 1.33 bits per heavy atom. The van der Waals surface area contributed by atoms with E-state index in [1.54, 1.807) is 18.3 Å². The standard InChI is InChI=1S/C18H17N3O3S3/c1-2-24-18(23)14-10-4-3-5-12(10)27-17(14)21-13(22)8-26-16-11-6-7-25-15(11)19-9-20-16/h6-7,9H,2-5,8H2,1H3,(H,21,22). The number of nitrogens with one attached hydrogen (secondary N) is 1. The first kappa shape index (κ1) is 18.4. The number of fused-ring (bicyclic) bond motifs is 2. The van der Waals surface area contributed by atoms with Crippen molar-refractivity contribution in [3.05, 3.63) is 33.8 Å². The Bertz CT molecular complexity index is 1010. The Hall–Kier alpha value is -1.97. The van der Waals surface area contributed by atoms with Crippen LogP contribution in [-0.4, -0.2) is 34.2 Å². The van der Waals surface area contributed by atoms with Crippen LogP contribution in [0.4, 0.5) is 5.00 Å². The predicted octanol–water partition coefficient (Wildman–Crippen LogP) is 4.15. The number of thiophene rings is 2. The Balaban J connectivity index is 1.48. The fourth-order valence-corrected chi connectivity index (χ4v) is 5.96. The first-order valence-electron chi connectivity index (χ1n) is 8.60. The second kappa shape index (κ2) is 7.95. The normalized spacial score (nSPS) is 12.9. The first-order chi connectivity index (χ1) is 13.2. The maximum Gasteiger partial charge on any atom is 0.341 e. The van der Waals surface area contributed by atoms with Gasteiger partial charge in [-0.15, -0.1) is 22.7 Å². The van der Waals surface area contributed by atoms with E-state index in [-0.39, 0.29) is 17.6 Å². The Morgan fingerprint density at radius 2 is 2.22 bits per heavy atom. The minimum absolute atomic E-state index is 0.160. The van der Waals surface area contributed by atoms with Crippen molar-refractivity contribution < 1.29 is 14.3 Å². The average molecular weight is 420 g/mol. The molecule has 0 radical (unpaired) electrons. The van der Waals surface area contributed by atoms with E-state index in [0.717, 1.165) is 40.1 Å². The fourth-order valence-electron chi connectivity index (χ4n) is 3.09. The lowest BCUT2D eigenvalue weighted by molar-refractivity contribution is -0.113. The van der Waals surface area contributed by atoms with Gasteiger partial charge in [0.15, 0.2) is 0 Å². The van der Waals surface area contributed by atoms with Crippen LogP contribution < -0.4 is 5.32 Å². The number of nitrogens with zero attached hydrogens (tertiary/aromatic N) is 2. The molecule has 4 rings (SSSR count). The summed E-state index contributed by atoms with van der Waals surface area (Å²) in [6, 6.07) is 1.96. The molecule has 0 saturated carbocycles. The highest BCUT2D eigenvalue weighted by Crippen LogP contribution is 2.39. The fraction of sp³-hybridized carbons (Fsp3) is 0.333. The SMILES string of the molecule is CCOC(=O)c1c(NC(=O)CSc2ncnc3sccc23)sc2c1CCC2. The number of rotatable bonds is 6. The van der Waals surface area contributed by atoms with Crippen LogP contribution >= 0.6 is 34.4 Å². The van der Waals surface area contributed by atoms with E-state index in [1.807, 2.05) is 11.4 Å². The van der Waals surface area contributed by atoms with Crippen LogP contribution in [-0.2, 0) is 22.4 Å². The van der Waals surface area contributed by atoms with Gasteiger partial charge < -0.3 is 10.1 Å². The van der Waals surface area contributed by atoms with Crippen LogP contribution in [0.2, 0.25) is 0 Å². The molecule has 3 aromatic heterocycles. The highest BCUT2D eigenvalue weighted by molar-refractivity contribution is 8.00. The number of amides is 1. The van der Waals surface area contributed by atoms with E-state index in [4.69, 9.17) is 4.74 Å². The number of carbonyl (C=O) groups is 2. The zero-order valence-electron chi connectivity index (χ0n) is 14.6. The minimum atomic E-state index is -0.351. The van der Waals surface area contributed by atoms with E-state index >= 15 is 0 Å². The predicted molar refractivity (Wildman–Crippen MR) is 109 cm³/mol. The highest BCUT2D eigenvalue weighted by atomic mass is 32.2. The molecule has 1 amide bonds. The van der Waals surface area contributed by atoms with Crippen molar-refractivity contribution in [3.63, 3.8) is 0 Å². The zero-order chi connectivity index (χ0) is 18.8. The summed E-state index contributed by atoms with van der Waals surface area (Å²) in [7, 11) is 0. The molecule has 1 aliphatic rings. The lowest BCUT2D eigenvalue weighted by atomic mass is 10.1. The summed E-state index contributed by atoms with van der Waals surface area (Å²) in [5.41, 5.74) is 1.58. The zero-order valence-corrected chi connectivity index (χ0v) is 17.1. The van der Waals surface area contributed by atoms with Gasteiger partial charge >= 0.3 is 5.97 Å². The van der Waals surface area contributed by atoms with Gasteiger partial charge in [-0.25, -0.2) is 14.8 Å². The summed E-state index contributed by atoms with van der Waals surface area (Å²) in [6.07, 6.45) is 4.37. The second-order valence-electron chi connectivity index (χ2n) is 5.94. The number of ether oxygens (including phenoxy) is 1. The molecule has 1 N–H and O–H groups in total. The summed E-state index contributed by atoms with van der Waals surface area (Å²) in [5, 5.41) is 7.22. The van der Waals surface area contributed by atoms with Gasteiger partial charge in [-0.3, -0.25) is 4.79 Å². The van der Waals surface area contributed by atoms with E-state index in [2.05, 4.69) is 15.3 Å². The molecule has 0 bridgehead atoms. The maximum absolute atomic E-state index is 12.5. The number of aromatic nitrogens is 2. The van der Waals surface area contributed by atoms with E-state index in [0.29, 0.717) is 17.2 Å². The van der Waals surface area contributed by atoms with Gasteiger partial charge in [-0.2, -0.15) is 0 Å². The summed E-state index contributed by atoms with van der Waals surface area (Å²) < 4.78 is 5.20. The lowest BCUT2D eigenvalue weighted by Crippen LogP contribution is -2.16. The average Bonchev–Trinajstić information content (AvgIpc) is 3.35. The third kappa shape index (κ3) is 3.71. The highest BCUT2D eigenvalue weighted by Gasteiger charge is 2.28. The molecule has 3 heterocycles. The first-order valence-corrected chi connectivity index (χ1v) is 11.3. The van der Waals surface area contributed by atoms with Crippen molar-refractivity contribution in [2.24, 2.45) is 0 Å². The van der Waals surface area contributed by atoms with Gasteiger partial charge in [0.2, 0.25) is 5.91 Å². The number of esters is 1. The summed E-state index contributed by atoms with van der Waals surface area (Å²) >= 11 is 4.41. The second-order valence-corrected chi connectivity index (χ2v) is 8.90. The Morgan fingerprint density at radius 3 is 3.07 bits per heavy atom. The van der Waals surface area contributed by atoms with Gasteiger partial charge in [0.05, 0.1) is 17.9 Å². The van der Waals surface area contributed by atoms with Gasteiger partial charge in [-0.05, 0) is 43.2 Å². The summed E-state index contributed by atoms with van der Waals surface area (Å²) in [4.78, 5) is 35.5.